The minimum Gasteiger partial charge on any atom is -0.325 e. The van der Waals surface area contributed by atoms with Crippen molar-refractivity contribution in [1.29, 1.82) is 0 Å². The van der Waals surface area contributed by atoms with Gasteiger partial charge in [-0.3, -0.25) is 4.79 Å². The van der Waals surface area contributed by atoms with E-state index in [1.54, 1.807) is 0 Å². The number of benzene rings is 1. The van der Waals surface area contributed by atoms with Gasteiger partial charge in [0.05, 0.1) is 5.41 Å². The largest absolute Gasteiger partial charge is 0.325 e. The van der Waals surface area contributed by atoms with Crippen molar-refractivity contribution in [1.82, 2.24) is 0 Å². The van der Waals surface area contributed by atoms with Gasteiger partial charge < -0.3 is 5.32 Å². The Morgan fingerprint density at radius 3 is 2.75 bits per heavy atom. The van der Waals surface area contributed by atoms with Crippen LogP contribution in [0, 0.1) is 11.8 Å². The van der Waals surface area contributed by atoms with Crippen molar-refractivity contribution in [3.8, 4) is 0 Å². The van der Waals surface area contributed by atoms with Crippen molar-refractivity contribution >= 4 is 27.5 Å². The second-order valence-corrected chi connectivity index (χ2v) is 7.84. The second-order valence-electron chi connectivity index (χ2n) is 6.86. The zero-order valence-electron chi connectivity index (χ0n) is 12.4. The van der Waals surface area contributed by atoms with E-state index in [1.165, 1.54) is 24.8 Å². The van der Waals surface area contributed by atoms with Crippen LogP contribution >= 0.6 is 15.9 Å². The average molecular weight is 336 g/mol. The van der Waals surface area contributed by atoms with Crippen molar-refractivity contribution in [3.63, 3.8) is 0 Å². The zero-order chi connectivity index (χ0) is 14.5. The average Bonchev–Trinajstić information content (AvgIpc) is 2.92. The predicted octanol–water partition coefficient (Wildman–Crippen LogP) is 4.79. The third kappa shape index (κ3) is 2.11. The first kappa shape index (κ1) is 14.1. The van der Waals surface area contributed by atoms with E-state index in [0.29, 0.717) is 10.7 Å². The maximum absolute atomic E-state index is 12.0. The van der Waals surface area contributed by atoms with E-state index in [9.17, 15) is 4.79 Å². The Morgan fingerprint density at radius 1 is 1.35 bits per heavy atom. The molecule has 1 heterocycles. The van der Waals surface area contributed by atoms with Gasteiger partial charge in [0, 0.05) is 10.5 Å². The number of halogens is 1. The number of amides is 1. The quantitative estimate of drug-likeness (QED) is 0.773. The van der Waals surface area contributed by atoms with Gasteiger partial charge >= 0.3 is 0 Å². The summed E-state index contributed by atoms with van der Waals surface area (Å²) < 4.78 is 0. The summed E-state index contributed by atoms with van der Waals surface area (Å²) >= 11 is 3.91. The molecule has 1 aliphatic heterocycles. The number of carbonyl (C=O) groups excluding carboxylic acids is 1. The molecule has 1 aromatic carbocycles. The summed E-state index contributed by atoms with van der Waals surface area (Å²) in [5.41, 5.74) is 3.00. The predicted molar refractivity (Wildman–Crippen MR) is 86.3 cm³/mol. The van der Waals surface area contributed by atoms with Gasteiger partial charge in [-0.1, -0.05) is 47.8 Å². The van der Waals surface area contributed by atoms with Crippen LogP contribution in [0.25, 0.3) is 0 Å². The Morgan fingerprint density at radius 2 is 2.10 bits per heavy atom. The van der Waals surface area contributed by atoms with Gasteiger partial charge in [0.1, 0.15) is 0 Å². The van der Waals surface area contributed by atoms with Crippen molar-refractivity contribution in [3.05, 3.63) is 29.3 Å². The standard InChI is InChI=1S/C17H22BrNO/c1-10-5-4-6-12(10)15(18)11-7-8-14-13(9-11)17(2,3)16(20)19-14/h7-10,12,15H,4-6H2,1-3H3,(H,19,20). The summed E-state index contributed by atoms with van der Waals surface area (Å²) in [6.07, 6.45) is 3.97. The Labute approximate surface area is 129 Å². The highest BCUT2D eigenvalue weighted by molar-refractivity contribution is 9.09. The van der Waals surface area contributed by atoms with Gasteiger partial charge in [-0.05, 0) is 49.3 Å². The number of carbonyl (C=O) groups is 1. The summed E-state index contributed by atoms with van der Waals surface area (Å²) in [4.78, 5) is 12.4. The number of fused-ring (bicyclic) bond motifs is 1. The highest BCUT2D eigenvalue weighted by Crippen LogP contribution is 2.46. The van der Waals surface area contributed by atoms with Gasteiger partial charge in [0.15, 0.2) is 0 Å². The lowest BCUT2D eigenvalue weighted by molar-refractivity contribution is -0.119. The molecule has 0 radical (unpaired) electrons. The zero-order valence-corrected chi connectivity index (χ0v) is 14.0. The molecule has 1 amide bonds. The molecule has 0 spiro atoms. The van der Waals surface area contributed by atoms with E-state index >= 15 is 0 Å². The molecular formula is C17H22BrNO. The molecule has 0 saturated heterocycles. The van der Waals surface area contributed by atoms with Crippen LogP contribution in [0.1, 0.15) is 56.0 Å². The number of alkyl halides is 1. The van der Waals surface area contributed by atoms with Gasteiger partial charge in [0.25, 0.3) is 0 Å². The van der Waals surface area contributed by atoms with E-state index in [-0.39, 0.29) is 5.91 Å². The van der Waals surface area contributed by atoms with Crippen LogP contribution in [0.15, 0.2) is 18.2 Å². The first-order valence-electron chi connectivity index (χ1n) is 7.51. The molecule has 3 atom stereocenters. The molecule has 1 N–H and O–H groups in total. The molecule has 3 unspecified atom stereocenters. The van der Waals surface area contributed by atoms with Crippen molar-refractivity contribution in [2.45, 2.75) is 50.3 Å². The van der Waals surface area contributed by atoms with Gasteiger partial charge in [-0.15, -0.1) is 0 Å². The maximum atomic E-state index is 12.0. The Hall–Kier alpha value is -0.830. The van der Waals surface area contributed by atoms with Crippen LogP contribution in [-0.4, -0.2) is 5.91 Å². The Bertz CT molecular complexity index is 552. The molecule has 2 aliphatic rings. The van der Waals surface area contributed by atoms with E-state index in [0.717, 1.165) is 17.2 Å². The number of nitrogens with one attached hydrogen (secondary N) is 1. The summed E-state index contributed by atoms with van der Waals surface area (Å²) in [5.74, 6) is 1.59. The summed E-state index contributed by atoms with van der Waals surface area (Å²) in [5, 5.41) is 2.98. The van der Waals surface area contributed by atoms with E-state index in [2.05, 4.69) is 46.4 Å². The second kappa shape index (κ2) is 4.87. The topological polar surface area (TPSA) is 29.1 Å². The number of rotatable bonds is 2. The molecule has 1 aromatic rings. The first-order chi connectivity index (χ1) is 9.41. The van der Waals surface area contributed by atoms with Crippen molar-refractivity contribution in [2.75, 3.05) is 5.32 Å². The lowest BCUT2D eigenvalue weighted by atomic mass is 9.83. The molecule has 0 bridgehead atoms. The fourth-order valence-electron chi connectivity index (χ4n) is 3.62. The summed E-state index contributed by atoms with van der Waals surface area (Å²) in [6.45, 7) is 6.35. The first-order valence-corrected chi connectivity index (χ1v) is 8.43. The van der Waals surface area contributed by atoms with Crippen LogP contribution in [0.2, 0.25) is 0 Å². The lowest BCUT2D eigenvalue weighted by Crippen LogP contribution is -2.27. The minimum absolute atomic E-state index is 0.102. The summed E-state index contributed by atoms with van der Waals surface area (Å²) in [7, 11) is 0. The van der Waals surface area contributed by atoms with Gasteiger partial charge in [0.2, 0.25) is 5.91 Å². The molecule has 108 valence electrons. The molecule has 3 heteroatoms. The molecule has 2 nitrogen and oxygen atoms in total. The SMILES string of the molecule is CC1CCCC1C(Br)c1ccc2c(c1)C(C)(C)C(=O)N2. The number of anilines is 1. The van der Waals surface area contributed by atoms with E-state index < -0.39 is 5.41 Å². The van der Waals surface area contributed by atoms with Crippen LogP contribution in [0.4, 0.5) is 5.69 Å². The van der Waals surface area contributed by atoms with E-state index in [1.807, 2.05) is 13.8 Å². The van der Waals surface area contributed by atoms with Crippen LogP contribution in [0.3, 0.4) is 0 Å². The fraction of sp³-hybridized carbons (Fsp3) is 0.588. The normalized spacial score (nSPS) is 29.1. The molecule has 1 aliphatic carbocycles. The number of hydrogen-bond acceptors (Lipinski definition) is 1. The Balaban J connectivity index is 1.94. The van der Waals surface area contributed by atoms with Crippen molar-refractivity contribution in [2.24, 2.45) is 11.8 Å². The van der Waals surface area contributed by atoms with Gasteiger partial charge in [-0.25, -0.2) is 0 Å². The van der Waals surface area contributed by atoms with Crippen LogP contribution < -0.4 is 5.32 Å². The molecule has 3 rings (SSSR count). The molecule has 0 aromatic heterocycles. The maximum Gasteiger partial charge on any atom is 0.234 e. The number of hydrogen-bond donors (Lipinski definition) is 1. The summed E-state index contributed by atoms with van der Waals surface area (Å²) in [6, 6.07) is 6.44. The van der Waals surface area contributed by atoms with Crippen LogP contribution in [-0.2, 0) is 10.2 Å². The lowest BCUT2D eigenvalue weighted by Gasteiger charge is -2.24. The molecule has 20 heavy (non-hydrogen) atoms. The van der Waals surface area contributed by atoms with Crippen molar-refractivity contribution < 1.29 is 4.79 Å². The highest BCUT2D eigenvalue weighted by Gasteiger charge is 2.39. The van der Waals surface area contributed by atoms with E-state index in [4.69, 9.17) is 0 Å². The monoisotopic (exact) mass is 335 g/mol. The molecule has 1 fully saturated rings. The third-order valence-corrected chi connectivity index (χ3v) is 6.36. The smallest absolute Gasteiger partial charge is 0.234 e. The highest BCUT2D eigenvalue weighted by atomic mass is 79.9. The van der Waals surface area contributed by atoms with Gasteiger partial charge in [-0.2, -0.15) is 0 Å². The third-order valence-electron chi connectivity index (χ3n) is 5.15. The molecular weight excluding hydrogens is 314 g/mol. The Kier molecular flexibility index (Phi) is 3.44. The fourth-order valence-corrected chi connectivity index (χ4v) is 4.69. The molecule has 1 saturated carbocycles. The van der Waals surface area contributed by atoms with Crippen LogP contribution in [0.5, 0.6) is 0 Å². The minimum atomic E-state index is -0.417.